The van der Waals surface area contributed by atoms with Gasteiger partial charge in [-0.15, -0.1) is 0 Å². The molecule has 0 unspecified atom stereocenters. The van der Waals surface area contributed by atoms with Crippen molar-refractivity contribution < 1.29 is 0 Å². The molecule has 0 saturated carbocycles. The van der Waals surface area contributed by atoms with Crippen molar-refractivity contribution in [1.29, 1.82) is 0 Å². The highest BCUT2D eigenvalue weighted by atomic mass is 127. The lowest BCUT2D eigenvalue weighted by Crippen LogP contribution is -2.07. The van der Waals surface area contributed by atoms with Gasteiger partial charge in [0, 0.05) is 9.77 Å². The highest BCUT2D eigenvalue weighted by molar-refractivity contribution is 14.1. The van der Waals surface area contributed by atoms with Crippen molar-refractivity contribution in [2.24, 2.45) is 0 Å². The summed E-state index contributed by atoms with van der Waals surface area (Å²) in [6.07, 6.45) is 1.88. The summed E-state index contributed by atoms with van der Waals surface area (Å²) in [7, 11) is 0. The number of nitrogens with two attached hydrogens (primary N) is 1. The Morgan fingerprint density at radius 3 is 2.25 bits per heavy atom. The average molecular weight is 334 g/mol. The fourth-order valence-corrected chi connectivity index (χ4v) is 2.09. The van der Waals surface area contributed by atoms with Gasteiger partial charge in [-0.25, -0.2) is 0 Å². The van der Waals surface area contributed by atoms with Crippen LogP contribution in [-0.4, -0.2) is 4.68 Å². The van der Waals surface area contributed by atoms with Crippen molar-refractivity contribution in [2.45, 2.75) is 0 Å². The third-order valence-corrected chi connectivity index (χ3v) is 2.22. The van der Waals surface area contributed by atoms with Gasteiger partial charge in [-0.3, -0.25) is 4.68 Å². The predicted molar refractivity (Wildman–Crippen MR) is 50.0 cm³/mol. The lowest BCUT2D eigenvalue weighted by molar-refractivity contribution is 0.984. The molecule has 0 aliphatic rings. The Hall–Kier alpha value is 0.540. The molecule has 2 nitrogen and oxygen atoms in total. The van der Waals surface area contributed by atoms with E-state index in [9.17, 15) is 0 Å². The third kappa shape index (κ3) is 1.28. The Kier molecular flexibility index (Phi) is 2.02. The van der Waals surface area contributed by atoms with Crippen LogP contribution in [0.1, 0.15) is 0 Å². The van der Waals surface area contributed by atoms with Crippen molar-refractivity contribution in [1.82, 2.24) is 4.68 Å². The maximum atomic E-state index is 5.45. The van der Waals surface area contributed by atoms with E-state index in [1.54, 1.807) is 4.68 Å². The molecule has 0 saturated heterocycles. The highest BCUT2D eigenvalue weighted by Gasteiger charge is 1.93. The molecule has 0 bridgehead atoms. The summed E-state index contributed by atoms with van der Waals surface area (Å²) in [5.74, 6) is 5.45. The van der Waals surface area contributed by atoms with E-state index in [4.69, 9.17) is 5.84 Å². The smallest absolute Gasteiger partial charge is 0.101 e. The van der Waals surface area contributed by atoms with Gasteiger partial charge >= 0.3 is 0 Å². The van der Waals surface area contributed by atoms with E-state index in [-0.39, 0.29) is 0 Å². The van der Waals surface area contributed by atoms with Crippen molar-refractivity contribution in [3.63, 3.8) is 0 Å². The Morgan fingerprint density at radius 2 is 2.12 bits per heavy atom. The van der Waals surface area contributed by atoms with Gasteiger partial charge in [0.2, 0.25) is 0 Å². The lowest BCUT2D eigenvalue weighted by Gasteiger charge is -1.88. The molecule has 0 aromatic carbocycles. The molecule has 0 amide bonds. The summed E-state index contributed by atoms with van der Waals surface area (Å²) in [5, 5.41) is 0. The molecule has 8 heavy (non-hydrogen) atoms. The molecule has 0 atom stereocenters. The highest BCUT2D eigenvalue weighted by Crippen LogP contribution is 2.09. The fourth-order valence-electron chi connectivity index (χ4n) is 0.420. The molecule has 0 spiro atoms. The molecule has 44 valence electrons. The molecule has 1 heterocycles. The molecule has 0 radical (unpaired) electrons. The maximum Gasteiger partial charge on any atom is 0.101 e. The standard InChI is InChI=1S/C4H4I2N2/c5-3-1-4(6)8(7)2-3/h1-2H,7H2. The lowest BCUT2D eigenvalue weighted by atomic mass is 10.7. The molecule has 2 N–H and O–H groups in total. The van der Waals surface area contributed by atoms with Crippen LogP contribution in [0, 0.1) is 7.27 Å². The average Bonchev–Trinajstić information content (AvgIpc) is 1.85. The maximum absolute atomic E-state index is 5.45. The quantitative estimate of drug-likeness (QED) is 0.565. The normalized spacial score (nSPS) is 9.75. The summed E-state index contributed by atoms with van der Waals surface area (Å²) in [4.78, 5) is 0. The second-order valence-electron chi connectivity index (χ2n) is 1.39. The molecule has 1 aromatic rings. The Labute approximate surface area is 74.7 Å². The van der Waals surface area contributed by atoms with E-state index in [1.807, 2.05) is 12.3 Å². The number of nitrogen functional groups attached to an aromatic ring is 1. The first kappa shape index (κ1) is 6.66. The van der Waals surface area contributed by atoms with Crippen LogP contribution in [0.25, 0.3) is 0 Å². The van der Waals surface area contributed by atoms with Crippen molar-refractivity contribution >= 4 is 45.2 Å². The summed E-state index contributed by atoms with van der Waals surface area (Å²) in [6, 6.07) is 2.02. The predicted octanol–water partition coefficient (Wildman–Crippen LogP) is 1.41. The molecule has 1 aromatic heterocycles. The molecule has 0 aliphatic carbocycles. The first-order valence-electron chi connectivity index (χ1n) is 1.98. The Bertz CT molecular complexity index is 174. The number of hydrogen-bond acceptors (Lipinski definition) is 1. The third-order valence-electron chi connectivity index (χ3n) is 0.766. The summed E-state index contributed by atoms with van der Waals surface area (Å²) >= 11 is 4.40. The fraction of sp³-hybridized carbons (Fsp3) is 0. The van der Waals surface area contributed by atoms with Gasteiger partial charge < -0.3 is 5.84 Å². The zero-order valence-corrected chi connectivity index (χ0v) is 8.25. The SMILES string of the molecule is Nn1cc(I)cc1I. The first-order valence-corrected chi connectivity index (χ1v) is 4.14. The van der Waals surface area contributed by atoms with E-state index >= 15 is 0 Å². The van der Waals surface area contributed by atoms with Crippen LogP contribution in [-0.2, 0) is 0 Å². The van der Waals surface area contributed by atoms with Gasteiger partial charge in [-0.2, -0.15) is 0 Å². The van der Waals surface area contributed by atoms with Crippen LogP contribution in [0.4, 0.5) is 0 Å². The summed E-state index contributed by atoms with van der Waals surface area (Å²) < 4.78 is 3.84. The zero-order valence-electron chi connectivity index (χ0n) is 3.94. The Balaban J connectivity index is 3.14. The van der Waals surface area contributed by atoms with Crippen LogP contribution in [0.3, 0.4) is 0 Å². The molecule has 0 aliphatic heterocycles. The van der Waals surface area contributed by atoms with Gasteiger partial charge in [0.05, 0.1) is 0 Å². The van der Waals surface area contributed by atoms with E-state index < -0.39 is 0 Å². The minimum absolute atomic E-state index is 1.06. The van der Waals surface area contributed by atoms with Crippen LogP contribution < -0.4 is 5.84 Å². The van der Waals surface area contributed by atoms with E-state index in [0.717, 1.165) is 3.70 Å². The van der Waals surface area contributed by atoms with Crippen LogP contribution in [0.2, 0.25) is 0 Å². The second-order valence-corrected chi connectivity index (χ2v) is 3.74. The van der Waals surface area contributed by atoms with Gasteiger partial charge in [0.1, 0.15) is 3.70 Å². The van der Waals surface area contributed by atoms with E-state index in [0.29, 0.717) is 0 Å². The van der Waals surface area contributed by atoms with Gasteiger partial charge in [-0.05, 0) is 51.2 Å². The zero-order chi connectivity index (χ0) is 6.15. The molecular weight excluding hydrogens is 330 g/mol. The van der Waals surface area contributed by atoms with E-state index in [2.05, 4.69) is 45.2 Å². The van der Waals surface area contributed by atoms with Gasteiger partial charge in [-0.1, -0.05) is 0 Å². The second kappa shape index (κ2) is 2.42. The Morgan fingerprint density at radius 1 is 1.50 bits per heavy atom. The monoisotopic (exact) mass is 334 g/mol. The molecule has 0 fully saturated rings. The topological polar surface area (TPSA) is 30.9 Å². The number of hydrogen-bond donors (Lipinski definition) is 1. The largest absolute Gasteiger partial charge is 0.339 e. The number of aromatic nitrogens is 1. The van der Waals surface area contributed by atoms with Crippen LogP contribution in [0.15, 0.2) is 12.3 Å². The summed E-state index contributed by atoms with van der Waals surface area (Å²) in [5.41, 5.74) is 0. The minimum Gasteiger partial charge on any atom is -0.339 e. The summed E-state index contributed by atoms with van der Waals surface area (Å²) in [6.45, 7) is 0. The van der Waals surface area contributed by atoms with Crippen LogP contribution in [0.5, 0.6) is 0 Å². The minimum atomic E-state index is 1.06. The van der Waals surface area contributed by atoms with Crippen LogP contribution >= 0.6 is 45.2 Å². The number of halogens is 2. The first-order chi connectivity index (χ1) is 3.70. The number of nitrogens with zero attached hydrogens (tertiary/aromatic N) is 1. The molecule has 4 heteroatoms. The molecule has 1 rings (SSSR count). The van der Waals surface area contributed by atoms with Gasteiger partial charge in [0.15, 0.2) is 0 Å². The van der Waals surface area contributed by atoms with Crippen molar-refractivity contribution in [3.8, 4) is 0 Å². The number of rotatable bonds is 0. The van der Waals surface area contributed by atoms with Gasteiger partial charge in [0.25, 0.3) is 0 Å². The van der Waals surface area contributed by atoms with Crippen molar-refractivity contribution in [3.05, 3.63) is 19.5 Å². The van der Waals surface area contributed by atoms with E-state index in [1.165, 1.54) is 3.57 Å². The van der Waals surface area contributed by atoms with Crippen molar-refractivity contribution in [2.75, 3.05) is 5.84 Å². The molecular formula is C4H4I2N2.